The Bertz CT molecular complexity index is 729. The number of carbonyl (C=O) groups excluding carboxylic acids is 1. The van der Waals surface area contributed by atoms with Crippen LogP contribution in [0.5, 0.6) is 5.75 Å². The van der Waals surface area contributed by atoms with Crippen molar-refractivity contribution < 1.29 is 17.9 Å². The van der Waals surface area contributed by atoms with Gasteiger partial charge in [0.05, 0.1) is 30.6 Å². The molecule has 2 aliphatic heterocycles. The lowest BCUT2D eigenvalue weighted by atomic mass is 10.00. The molecule has 2 heterocycles. The fourth-order valence-corrected chi connectivity index (χ4v) is 5.69. The van der Waals surface area contributed by atoms with Gasteiger partial charge in [-0.1, -0.05) is 24.6 Å². The number of amides is 1. The van der Waals surface area contributed by atoms with E-state index in [1.54, 1.807) is 7.11 Å². The Morgan fingerprint density at radius 2 is 2.00 bits per heavy atom. The monoisotopic (exact) mass is 380 g/mol. The van der Waals surface area contributed by atoms with Gasteiger partial charge in [-0.3, -0.25) is 9.69 Å². The van der Waals surface area contributed by atoms with Gasteiger partial charge in [-0.2, -0.15) is 0 Å². The van der Waals surface area contributed by atoms with E-state index in [-0.39, 0.29) is 23.5 Å². The number of carbonyl (C=O) groups is 1. The van der Waals surface area contributed by atoms with Crippen LogP contribution >= 0.6 is 0 Å². The van der Waals surface area contributed by atoms with Crippen molar-refractivity contribution in [2.45, 2.75) is 31.7 Å². The predicted octanol–water partition coefficient (Wildman–Crippen LogP) is 1.77. The molecule has 144 valence electrons. The van der Waals surface area contributed by atoms with Gasteiger partial charge in [0.15, 0.2) is 9.84 Å². The van der Waals surface area contributed by atoms with Crippen molar-refractivity contribution in [1.82, 2.24) is 10.2 Å². The van der Waals surface area contributed by atoms with Gasteiger partial charge < -0.3 is 10.1 Å². The zero-order chi connectivity index (χ0) is 18.6. The summed E-state index contributed by atoms with van der Waals surface area (Å²) < 4.78 is 28.8. The Morgan fingerprint density at radius 3 is 2.65 bits per heavy atom. The first kappa shape index (κ1) is 19.2. The Hall–Kier alpha value is -1.60. The largest absolute Gasteiger partial charge is 0.496 e. The third-order valence-electron chi connectivity index (χ3n) is 5.40. The Labute approximate surface area is 155 Å². The third kappa shape index (κ3) is 4.57. The first-order valence-corrected chi connectivity index (χ1v) is 11.2. The van der Waals surface area contributed by atoms with Crippen LogP contribution in [-0.2, 0) is 14.6 Å². The van der Waals surface area contributed by atoms with Crippen LogP contribution in [-0.4, -0.2) is 57.5 Å². The molecule has 2 atom stereocenters. The first-order chi connectivity index (χ1) is 12.5. The molecule has 1 N–H and O–H groups in total. The van der Waals surface area contributed by atoms with Crippen LogP contribution in [0.1, 0.15) is 37.3 Å². The average molecular weight is 381 g/mol. The summed E-state index contributed by atoms with van der Waals surface area (Å²) in [6.45, 7) is 2.46. The zero-order valence-electron chi connectivity index (χ0n) is 15.3. The summed E-state index contributed by atoms with van der Waals surface area (Å²) in [6.07, 6.45) is 3.97. The molecular formula is C19H28N2O4S. The first-order valence-electron chi connectivity index (χ1n) is 9.35. The van der Waals surface area contributed by atoms with Crippen LogP contribution in [0.4, 0.5) is 0 Å². The van der Waals surface area contributed by atoms with Gasteiger partial charge in [-0.25, -0.2) is 8.42 Å². The number of likely N-dealkylation sites (tertiary alicyclic amines) is 1. The molecule has 3 rings (SSSR count). The van der Waals surface area contributed by atoms with Crippen molar-refractivity contribution in [1.29, 1.82) is 0 Å². The van der Waals surface area contributed by atoms with Gasteiger partial charge in [0.2, 0.25) is 5.91 Å². The van der Waals surface area contributed by atoms with E-state index < -0.39 is 15.8 Å². The molecule has 0 spiro atoms. The molecule has 26 heavy (non-hydrogen) atoms. The molecule has 2 fully saturated rings. The molecule has 2 aliphatic rings. The van der Waals surface area contributed by atoms with Crippen LogP contribution in [0, 0.1) is 5.92 Å². The molecule has 1 aromatic rings. The minimum absolute atomic E-state index is 0.0259. The maximum atomic E-state index is 12.5. The van der Waals surface area contributed by atoms with Crippen LogP contribution in [0.3, 0.4) is 0 Å². The van der Waals surface area contributed by atoms with Crippen molar-refractivity contribution in [2.75, 3.05) is 38.2 Å². The number of hydrogen-bond donors (Lipinski definition) is 1. The summed E-state index contributed by atoms with van der Waals surface area (Å²) in [4.78, 5) is 14.9. The van der Waals surface area contributed by atoms with E-state index >= 15 is 0 Å². The summed E-state index contributed by atoms with van der Waals surface area (Å²) >= 11 is 0. The molecular weight excluding hydrogens is 352 g/mol. The smallest absolute Gasteiger partial charge is 0.224 e. The number of sulfone groups is 1. The fourth-order valence-electron chi connectivity index (χ4n) is 3.95. The Balaban J connectivity index is 1.72. The van der Waals surface area contributed by atoms with E-state index in [9.17, 15) is 13.2 Å². The number of para-hydroxylation sites is 1. The van der Waals surface area contributed by atoms with Gasteiger partial charge >= 0.3 is 0 Å². The minimum Gasteiger partial charge on any atom is -0.496 e. The molecule has 2 saturated heterocycles. The van der Waals surface area contributed by atoms with E-state index in [0.29, 0.717) is 13.0 Å². The maximum Gasteiger partial charge on any atom is 0.224 e. The van der Waals surface area contributed by atoms with Crippen LogP contribution < -0.4 is 10.1 Å². The summed E-state index contributed by atoms with van der Waals surface area (Å²) in [5, 5.41) is 3.01. The van der Waals surface area contributed by atoms with Crippen molar-refractivity contribution in [2.24, 2.45) is 5.92 Å². The van der Waals surface area contributed by atoms with E-state index in [4.69, 9.17) is 4.74 Å². The number of nitrogens with zero attached hydrogens (tertiary/aromatic N) is 1. The molecule has 0 aromatic heterocycles. The van der Waals surface area contributed by atoms with E-state index in [1.807, 2.05) is 24.3 Å². The molecule has 0 saturated carbocycles. The van der Waals surface area contributed by atoms with E-state index in [2.05, 4.69) is 10.2 Å². The summed E-state index contributed by atoms with van der Waals surface area (Å²) in [5.41, 5.74) is 1.07. The van der Waals surface area contributed by atoms with Gasteiger partial charge in [0.25, 0.3) is 0 Å². The zero-order valence-corrected chi connectivity index (χ0v) is 16.1. The van der Waals surface area contributed by atoms with Gasteiger partial charge in [0, 0.05) is 12.1 Å². The summed E-state index contributed by atoms with van der Waals surface area (Å²) in [5.74, 6) is 0.345. The van der Waals surface area contributed by atoms with Crippen molar-refractivity contribution in [3.05, 3.63) is 29.8 Å². The molecule has 1 aromatic carbocycles. The topological polar surface area (TPSA) is 75.7 Å². The van der Waals surface area contributed by atoms with Crippen molar-refractivity contribution in [3.63, 3.8) is 0 Å². The number of nitrogens with one attached hydrogen (secondary N) is 1. The molecule has 1 amide bonds. The second kappa shape index (κ2) is 8.39. The van der Waals surface area contributed by atoms with Crippen LogP contribution in [0.2, 0.25) is 0 Å². The highest BCUT2D eigenvalue weighted by atomic mass is 32.2. The lowest BCUT2D eigenvalue weighted by Gasteiger charge is -2.35. The molecule has 0 bridgehead atoms. The Kier molecular flexibility index (Phi) is 6.19. The second-order valence-corrected chi connectivity index (χ2v) is 9.43. The molecule has 0 radical (unpaired) electrons. The van der Waals surface area contributed by atoms with E-state index in [1.165, 1.54) is 6.42 Å². The maximum absolute atomic E-state index is 12.5. The number of rotatable bonds is 6. The average Bonchev–Trinajstić information content (AvgIpc) is 3.03. The normalized spacial score (nSPS) is 24.1. The van der Waals surface area contributed by atoms with Crippen molar-refractivity contribution in [3.8, 4) is 5.75 Å². The van der Waals surface area contributed by atoms with Crippen molar-refractivity contribution >= 4 is 15.7 Å². The highest BCUT2D eigenvalue weighted by Crippen LogP contribution is 2.31. The molecule has 6 nitrogen and oxygen atoms in total. The van der Waals surface area contributed by atoms with Gasteiger partial charge in [-0.15, -0.1) is 0 Å². The third-order valence-corrected chi connectivity index (χ3v) is 7.17. The SMILES string of the molecule is COc1ccccc1C(CNC(=O)C1CCS(=O)(=O)C1)N1CCCCC1. The van der Waals surface area contributed by atoms with Gasteiger partial charge in [-0.05, 0) is 38.4 Å². The second-order valence-electron chi connectivity index (χ2n) is 7.20. The summed E-state index contributed by atoms with van der Waals surface area (Å²) in [6, 6.07) is 7.95. The molecule has 7 heteroatoms. The number of hydrogen-bond acceptors (Lipinski definition) is 5. The minimum atomic E-state index is -3.05. The number of piperidine rings is 1. The molecule has 2 unspecified atom stereocenters. The lowest BCUT2D eigenvalue weighted by Crippen LogP contribution is -2.42. The number of methoxy groups -OCH3 is 1. The van der Waals surface area contributed by atoms with Crippen LogP contribution in [0.25, 0.3) is 0 Å². The van der Waals surface area contributed by atoms with Crippen LogP contribution in [0.15, 0.2) is 24.3 Å². The molecule has 0 aliphatic carbocycles. The standard InChI is InChI=1S/C19H28N2O4S/c1-25-18-8-4-3-7-16(18)17(21-10-5-2-6-11-21)13-20-19(22)15-9-12-26(23,24)14-15/h3-4,7-8,15,17H,2,5-6,9-14H2,1H3,(H,20,22). The number of benzene rings is 1. The number of ether oxygens (including phenoxy) is 1. The van der Waals surface area contributed by atoms with Gasteiger partial charge in [0.1, 0.15) is 5.75 Å². The highest BCUT2D eigenvalue weighted by Gasteiger charge is 2.33. The predicted molar refractivity (Wildman–Crippen MR) is 101 cm³/mol. The Morgan fingerprint density at radius 1 is 1.27 bits per heavy atom. The highest BCUT2D eigenvalue weighted by molar-refractivity contribution is 7.91. The quantitative estimate of drug-likeness (QED) is 0.814. The van der Waals surface area contributed by atoms with E-state index in [0.717, 1.165) is 37.2 Å². The lowest BCUT2D eigenvalue weighted by molar-refractivity contribution is -0.124. The summed E-state index contributed by atoms with van der Waals surface area (Å²) in [7, 11) is -1.39. The fraction of sp³-hybridized carbons (Fsp3) is 0.632.